The lowest BCUT2D eigenvalue weighted by Gasteiger charge is -2.35. The van der Waals surface area contributed by atoms with E-state index in [4.69, 9.17) is 16.3 Å². The molecule has 2 aromatic carbocycles. The lowest BCUT2D eigenvalue weighted by atomic mass is 10.2. The highest BCUT2D eigenvalue weighted by Gasteiger charge is 2.31. The van der Waals surface area contributed by atoms with Crippen molar-refractivity contribution in [2.45, 2.75) is 18.4 Å². The highest BCUT2D eigenvalue weighted by molar-refractivity contribution is 7.89. The Morgan fingerprint density at radius 3 is 2.16 bits per heavy atom. The van der Waals surface area contributed by atoms with Gasteiger partial charge in [-0.1, -0.05) is 41.9 Å². The summed E-state index contributed by atoms with van der Waals surface area (Å²) < 4.78 is 32.8. The molecule has 0 radical (unpaired) electrons. The van der Waals surface area contributed by atoms with Crippen molar-refractivity contribution in [2.75, 3.05) is 39.3 Å². The number of carbonyl (C=O) groups excluding carboxylic acids is 2. The van der Waals surface area contributed by atoms with Crippen LogP contribution in [0.5, 0.6) is 0 Å². The Kier molecular flexibility index (Phi) is 8.11. The maximum Gasteiger partial charge on any atom is 0.409 e. The van der Waals surface area contributed by atoms with E-state index < -0.39 is 16.1 Å². The van der Waals surface area contributed by atoms with Crippen molar-refractivity contribution < 1.29 is 22.7 Å². The van der Waals surface area contributed by atoms with Gasteiger partial charge >= 0.3 is 6.09 Å². The van der Waals surface area contributed by atoms with Crippen LogP contribution in [-0.4, -0.2) is 73.9 Å². The summed E-state index contributed by atoms with van der Waals surface area (Å²) >= 11 is 5.90. The van der Waals surface area contributed by atoms with Gasteiger partial charge in [0.1, 0.15) is 0 Å². The molecule has 1 saturated heterocycles. The highest BCUT2D eigenvalue weighted by Crippen LogP contribution is 2.21. The summed E-state index contributed by atoms with van der Waals surface area (Å²) in [6, 6.07) is 15.0. The van der Waals surface area contributed by atoms with Crippen LogP contribution in [0.1, 0.15) is 12.5 Å². The largest absolute Gasteiger partial charge is 0.450 e. The third-order valence-corrected chi connectivity index (χ3v) is 7.18. The molecule has 2 aromatic rings. The number of piperazine rings is 1. The Morgan fingerprint density at radius 2 is 1.56 bits per heavy atom. The third-order valence-electron chi connectivity index (χ3n) is 5.12. The first-order valence-electron chi connectivity index (χ1n) is 10.3. The van der Waals surface area contributed by atoms with Crippen molar-refractivity contribution in [3.63, 3.8) is 0 Å². The van der Waals surface area contributed by atoms with Crippen molar-refractivity contribution in [1.82, 2.24) is 14.1 Å². The second kappa shape index (κ2) is 10.8. The van der Waals surface area contributed by atoms with E-state index in [0.29, 0.717) is 31.2 Å². The van der Waals surface area contributed by atoms with E-state index in [9.17, 15) is 18.0 Å². The van der Waals surface area contributed by atoms with Crippen LogP contribution in [0.4, 0.5) is 4.79 Å². The molecule has 2 amide bonds. The molecule has 172 valence electrons. The van der Waals surface area contributed by atoms with Crippen LogP contribution in [0.2, 0.25) is 5.02 Å². The number of rotatable bonds is 7. The minimum atomic E-state index is -3.94. The van der Waals surface area contributed by atoms with Crippen LogP contribution < -0.4 is 0 Å². The minimum Gasteiger partial charge on any atom is -0.450 e. The number of amides is 2. The Bertz CT molecular complexity index is 1020. The first-order valence-corrected chi connectivity index (χ1v) is 12.1. The van der Waals surface area contributed by atoms with Crippen molar-refractivity contribution in [3.8, 4) is 0 Å². The molecular formula is C22H26ClN3O5S. The first-order chi connectivity index (χ1) is 15.3. The standard InChI is InChI=1S/C22H26ClN3O5S/c1-2-31-22(28)25-14-12-24(13-15-25)21(27)17-26(16-18-6-4-3-5-7-18)32(29,30)20-10-8-19(23)9-11-20/h3-11H,2,12-17H2,1H3. The van der Waals surface area contributed by atoms with Crippen LogP contribution >= 0.6 is 11.6 Å². The molecule has 1 heterocycles. The van der Waals surface area contributed by atoms with Crippen LogP contribution in [0.15, 0.2) is 59.5 Å². The van der Waals surface area contributed by atoms with E-state index in [1.807, 2.05) is 30.3 Å². The number of hydrogen-bond donors (Lipinski definition) is 0. The molecule has 1 aliphatic heterocycles. The average Bonchev–Trinajstić information content (AvgIpc) is 2.80. The van der Waals surface area contributed by atoms with Crippen molar-refractivity contribution in [3.05, 3.63) is 65.2 Å². The second-order valence-corrected chi connectivity index (χ2v) is 9.65. The quantitative estimate of drug-likeness (QED) is 0.609. The highest BCUT2D eigenvalue weighted by atomic mass is 35.5. The van der Waals surface area contributed by atoms with E-state index in [2.05, 4.69) is 0 Å². The van der Waals surface area contributed by atoms with Gasteiger partial charge in [-0.05, 0) is 36.8 Å². The minimum absolute atomic E-state index is 0.0559. The topological polar surface area (TPSA) is 87.2 Å². The summed E-state index contributed by atoms with van der Waals surface area (Å²) in [6.07, 6.45) is -0.407. The average molecular weight is 480 g/mol. The molecule has 0 saturated carbocycles. The summed E-state index contributed by atoms with van der Waals surface area (Å²) in [5.74, 6) is -0.318. The fourth-order valence-corrected chi connectivity index (χ4v) is 4.88. The van der Waals surface area contributed by atoms with Gasteiger partial charge < -0.3 is 14.5 Å². The van der Waals surface area contributed by atoms with E-state index in [1.165, 1.54) is 28.6 Å². The van der Waals surface area contributed by atoms with Crippen molar-refractivity contribution in [1.29, 1.82) is 0 Å². The van der Waals surface area contributed by atoms with Crippen LogP contribution in [-0.2, 0) is 26.1 Å². The second-order valence-electron chi connectivity index (χ2n) is 7.28. The molecule has 32 heavy (non-hydrogen) atoms. The molecule has 0 atom stereocenters. The smallest absolute Gasteiger partial charge is 0.409 e. The molecule has 0 unspecified atom stereocenters. The van der Waals surface area contributed by atoms with Crippen LogP contribution in [0, 0.1) is 0 Å². The van der Waals surface area contributed by atoms with E-state index in [0.717, 1.165) is 5.56 Å². The van der Waals surface area contributed by atoms with Gasteiger partial charge in [-0.25, -0.2) is 13.2 Å². The molecule has 0 bridgehead atoms. The first kappa shape index (κ1) is 24.0. The maximum atomic E-state index is 13.3. The van der Waals surface area contributed by atoms with Crippen LogP contribution in [0.3, 0.4) is 0 Å². The number of benzene rings is 2. The maximum absolute atomic E-state index is 13.3. The zero-order valence-corrected chi connectivity index (χ0v) is 19.4. The molecule has 10 heteroatoms. The zero-order chi connectivity index (χ0) is 23.1. The Hall–Kier alpha value is -2.62. The van der Waals surface area contributed by atoms with E-state index in [1.54, 1.807) is 16.7 Å². The van der Waals surface area contributed by atoms with Gasteiger partial charge in [0.2, 0.25) is 15.9 Å². The number of nitrogens with zero attached hydrogens (tertiary/aromatic N) is 3. The van der Waals surface area contributed by atoms with E-state index >= 15 is 0 Å². The van der Waals surface area contributed by atoms with Gasteiger partial charge in [-0.15, -0.1) is 0 Å². The lowest BCUT2D eigenvalue weighted by Crippen LogP contribution is -2.53. The zero-order valence-electron chi connectivity index (χ0n) is 17.8. The van der Waals surface area contributed by atoms with Gasteiger partial charge in [0.15, 0.2) is 0 Å². The SMILES string of the molecule is CCOC(=O)N1CCN(C(=O)CN(Cc2ccccc2)S(=O)(=O)c2ccc(Cl)cc2)CC1. The molecule has 0 N–H and O–H groups in total. The third kappa shape index (κ3) is 5.99. The van der Waals surface area contributed by atoms with Crippen molar-refractivity contribution >= 4 is 33.6 Å². The Labute approximate surface area is 193 Å². The molecule has 8 nitrogen and oxygen atoms in total. The Morgan fingerprint density at radius 1 is 0.969 bits per heavy atom. The fraction of sp³-hybridized carbons (Fsp3) is 0.364. The lowest BCUT2D eigenvalue weighted by molar-refractivity contribution is -0.133. The van der Waals surface area contributed by atoms with Gasteiger partial charge in [0.25, 0.3) is 0 Å². The molecule has 1 fully saturated rings. The molecule has 0 aliphatic carbocycles. The predicted molar refractivity (Wildman–Crippen MR) is 121 cm³/mol. The van der Waals surface area contributed by atoms with Gasteiger partial charge in [0, 0.05) is 37.7 Å². The number of hydrogen-bond acceptors (Lipinski definition) is 5. The number of sulfonamides is 1. The summed E-state index contributed by atoms with van der Waals surface area (Å²) in [6.45, 7) is 3.09. The fourth-order valence-electron chi connectivity index (χ4n) is 3.37. The molecule has 3 rings (SSSR count). The van der Waals surface area contributed by atoms with Crippen LogP contribution in [0.25, 0.3) is 0 Å². The number of carbonyl (C=O) groups is 2. The molecular weight excluding hydrogens is 454 g/mol. The van der Waals surface area contributed by atoms with Gasteiger partial charge in [-0.2, -0.15) is 4.31 Å². The normalized spacial score (nSPS) is 14.5. The number of ether oxygens (including phenoxy) is 1. The predicted octanol–water partition coefficient (Wildman–Crippen LogP) is 2.83. The summed E-state index contributed by atoms with van der Waals surface area (Å²) in [5.41, 5.74) is 0.768. The number of halogens is 1. The molecule has 0 spiro atoms. The summed E-state index contributed by atoms with van der Waals surface area (Å²) in [4.78, 5) is 28.1. The molecule has 1 aliphatic rings. The van der Waals surface area contributed by atoms with Gasteiger partial charge in [-0.3, -0.25) is 4.79 Å². The van der Waals surface area contributed by atoms with Gasteiger partial charge in [0.05, 0.1) is 18.0 Å². The summed E-state index contributed by atoms with van der Waals surface area (Å²) in [7, 11) is -3.94. The van der Waals surface area contributed by atoms with E-state index in [-0.39, 0.29) is 30.5 Å². The van der Waals surface area contributed by atoms with Crippen molar-refractivity contribution in [2.24, 2.45) is 0 Å². The Balaban J connectivity index is 1.75. The summed E-state index contributed by atoms with van der Waals surface area (Å²) in [5, 5.41) is 0.425. The molecule has 0 aromatic heterocycles. The monoisotopic (exact) mass is 479 g/mol.